The topological polar surface area (TPSA) is 45.0 Å². The summed E-state index contributed by atoms with van der Waals surface area (Å²) in [5.74, 6) is 0.831. The smallest absolute Gasteiger partial charge is 0.133 e. The molecule has 0 aliphatic rings. The fraction of sp³-hybridized carbons (Fsp3) is 0.417. The number of halogens is 1. The van der Waals surface area contributed by atoms with Gasteiger partial charge in [0.1, 0.15) is 5.75 Å². The Kier molecular flexibility index (Phi) is 5.91. The van der Waals surface area contributed by atoms with E-state index in [0.29, 0.717) is 13.0 Å². The van der Waals surface area contributed by atoms with Crippen molar-refractivity contribution in [2.75, 3.05) is 13.7 Å². The van der Waals surface area contributed by atoms with Crippen LogP contribution in [0.2, 0.25) is 0 Å². The maximum atomic E-state index is 8.39. The Morgan fingerprint density at radius 2 is 2.31 bits per heavy atom. The molecule has 0 aliphatic heterocycles. The van der Waals surface area contributed by atoms with Crippen molar-refractivity contribution in [3.8, 4) is 11.8 Å². The molecule has 86 valence electrons. The van der Waals surface area contributed by atoms with Crippen LogP contribution in [0.4, 0.5) is 0 Å². The van der Waals surface area contributed by atoms with Gasteiger partial charge in [-0.25, -0.2) is 0 Å². The number of nitrogens with one attached hydrogen (secondary N) is 1. The van der Waals surface area contributed by atoms with Gasteiger partial charge >= 0.3 is 0 Å². The predicted octanol–water partition coefficient (Wildman–Crippen LogP) is 2.85. The standard InChI is InChI=1S/C12H15BrN2O/c1-15-9-10-4-5-12(11(13)8-10)16-7-3-2-6-14/h4-5,8,15H,2-3,7,9H2,1H3. The lowest BCUT2D eigenvalue weighted by molar-refractivity contribution is 0.310. The van der Waals surface area contributed by atoms with E-state index in [1.165, 1.54) is 5.56 Å². The number of hydrogen-bond acceptors (Lipinski definition) is 3. The van der Waals surface area contributed by atoms with Crippen LogP contribution in [0, 0.1) is 11.3 Å². The summed E-state index contributed by atoms with van der Waals surface area (Å²) in [7, 11) is 1.92. The van der Waals surface area contributed by atoms with E-state index < -0.39 is 0 Å². The first kappa shape index (κ1) is 13.0. The van der Waals surface area contributed by atoms with E-state index in [-0.39, 0.29) is 0 Å². The molecule has 0 saturated heterocycles. The van der Waals surface area contributed by atoms with Crippen molar-refractivity contribution in [1.82, 2.24) is 5.32 Å². The van der Waals surface area contributed by atoms with E-state index in [1.54, 1.807) is 0 Å². The summed E-state index contributed by atoms with van der Waals surface area (Å²) < 4.78 is 6.51. The van der Waals surface area contributed by atoms with Crippen molar-refractivity contribution in [1.29, 1.82) is 5.26 Å². The summed E-state index contributed by atoms with van der Waals surface area (Å²) in [6, 6.07) is 8.11. The van der Waals surface area contributed by atoms with Crippen molar-refractivity contribution < 1.29 is 4.74 Å². The zero-order valence-electron chi connectivity index (χ0n) is 9.29. The molecule has 0 unspecified atom stereocenters. The fourth-order valence-electron chi connectivity index (χ4n) is 1.31. The lowest BCUT2D eigenvalue weighted by Crippen LogP contribution is -2.05. The Morgan fingerprint density at radius 1 is 1.50 bits per heavy atom. The molecule has 0 saturated carbocycles. The second kappa shape index (κ2) is 7.26. The van der Waals surface area contributed by atoms with Gasteiger partial charge in [-0.05, 0) is 47.1 Å². The predicted molar refractivity (Wildman–Crippen MR) is 67.2 cm³/mol. The second-order valence-corrected chi connectivity index (χ2v) is 4.26. The third-order valence-corrected chi connectivity index (χ3v) is 2.69. The molecule has 16 heavy (non-hydrogen) atoms. The molecular formula is C12H15BrN2O. The summed E-state index contributed by atoms with van der Waals surface area (Å²) in [6.45, 7) is 1.42. The number of nitrogens with zero attached hydrogens (tertiary/aromatic N) is 1. The number of nitriles is 1. The summed E-state index contributed by atoms with van der Waals surface area (Å²) in [5.41, 5.74) is 1.21. The Bertz CT molecular complexity index is 374. The van der Waals surface area contributed by atoms with E-state index in [0.717, 1.165) is 23.2 Å². The Hall–Kier alpha value is -1.05. The number of unbranched alkanes of at least 4 members (excludes halogenated alkanes) is 1. The molecule has 0 fully saturated rings. The monoisotopic (exact) mass is 282 g/mol. The first-order valence-electron chi connectivity index (χ1n) is 5.20. The summed E-state index contributed by atoms with van der Waals surface area (Å²) in [4.78, 5) is 0. The number of hydrogen-bond donors (Lipinski definition) is 1. The highest BCUT2D eigenvalue weighted by atomic mass is 79.9. The number of rotatable bonds is 6. The molecule has 0 heterocycles. The average molecular weight is 283 g/mol. The summed E-state index contributed by atoms with van der Waals surface area (Å²) in [5, 5.41) is 11.5. The molecule has 0 radical (unpaired) electrons. The molecule has 0 aromatic heterocycles. The molecule has 1 aromatic rings. The van der Waals surface area contributed by atoms with Crippen molar-refractivity contribution in [3.05, 3.63) is 28.2 Å². The summed E-state index contributed by atoms with van der Waals surface area (Å²) >= 11 is 3.47. The van der Waals surface area contributed by atoms with E-state index in [4.69, 9.17) is 10.00 Å². The molecule has 0 atom stereocenters. The largest absolute Gasteiger partial charge is 0.492 e. The van der Waals surface area contributed by atoms with Crippen LogP contribution in [0.15, 0.2) is 22.7 Å². The van der Waals surface area contributed by atoms with Crippen LogP contribution in [0.1, 0.15) is 18.4 Å². The Morgan fingerprint density at radius 3 is 2.94 bits per heavy atom. The van der Waals surface area contributed by atoms with Gasteiger partial charge in [-0.15, -0.1) is 0 Å². The maximum Gasteiger partial charge on any atom is 0.133 e. The van der Waals surface area contributed by atoms with Gasteiger partial charge in [0.25, 0.3) is 0 Å². The van der Waals surface area contributed by atoms with Gasteiger partial charge in [0.2, 0.25) is 0 Å². The number of ether oxygens (including phenoxy) is 1. The third kappa shape index (κ3) is 4.21. The molecule has 3 nitrogen and oxygen atoms in total. The van der Waals surface area contributed by atoms with Crippen LogP contribution < -0.4 is 10.1 Å². The molecule has 1 N–H and O–H groups in total. The van der Waals surface area contributed by atoms with E-state index in [1.807, 2.05) is 25.2 Å². The molecule has 0 spiro atoms. The van der Waals surface area contributed by atoms with Crippen LogP contribution in [0.3, 0.4) is 0 Å². The quantitative estimate of drug-likeness (QED) is 0.816. The molecule has 0 bridgehead atoms. The number of benzene rings is 1. The highest BCUT2D eigenvalue weighted by molar-refractivity contribution is 9.10. The van der Waals surface area contributed by atoms with Crippen molar-refractivity contribution in [2.24, 2.45) is 0 Å². The van der Waals surface area contributed by atoms with Gasteiger partial charge in [-0.3, -0.25) is 0 Å². The lowest BCUT2D eigenvalue weighted by atomic mass is 10.2. The van der Waals surface area contributed by atoms with Crippen molar-refractivity contribution in [3.63, 3.8) is 0 Å². The van der Waals surface area contributed by atoms with Crippen LogP contribution in [0.5, 0.6) is 5.75 Å². The van der Waals surface area contributed by atoms with Crippen LogP contribution in [0.25, 0.3) is 0 Å². The molecule has 0 amide bonds. The third-order valence-electron chi connectivity index (χ3n) is 2.07. The van der Waals surface area contributed by atoms with Crippen molar-refractivity contribution >= 4 is 15.9 Å². The normalized spacial score (nSPS) is 9.81. The minimum absolute atomic E-state index is 0.537. The Balaban J connectivity index is 2.51. The molecule has 1 aromatic carbocycles. The van der Waals surface area contributed by atoms with Crippen LogP contribution >= 0.6 is 15.9 Å². The van der Waals surface area contributed by atoms with Crippen LogP contribution in [-0.2, 0) is 6.54 Å². The van der Waals surface area contributed by atoms with Crippen molar-refractivity contribution in [2.45, 2.75) is 19.4 Å². The average Bonchev–Trinajstić information content (AvgIpc) is 2.27. The van der Waals surface area contributed by atoms with Gasteiger partial charge in [-0.1, -0.05) is 6.07 Å². The fourth-order valence-corrected chi connectivity index (χ4v) is 1.85. The SMILES string of the molecule is CNCc1ccc(OCCCC#N)c(Br)c1. The first-order chi connectivity index (χ1) is 7.77. The molecular weight excluding hydrogens is 268 g/mol. The molecule has 0 aliphatic carbocycles. The minimum atomic E-state index is 0.537. The van der Waals surface area contributed by atoms with E-state index >= 15 is 0 Å². The first-order valence-corrected chi connectivity index (χ1v) is 6.00. The van der Waals surface area contributed by atoms with Gasteiger partial charge < -0.3 is 10.1 Å². The maximum absolute atomic E-state index is 8.39. The summed E-state index contributed by atoms with van der Waals surface area (Å²) in [6.07, 6.45) is 1.30. The highest BCUT2D eigenvalue weighted by Gasteiger charge is 2.02. The van der Waals surface area contributed by atoms with Gasteiger partial charge in [0, 0.05) is 13.0 Å². The highest BCUT2D eigenvalue weighted by Crippen LogP contribution is 2.26. The molecule has 1 rings (SSSR count). The minimum Gasteiger partial charge on any atom is -0.492 e. The van der Waals surface area contributed by atoms with Gasteiger partial charge in [-0.2, -0.15) is 5.26 Å². The van der Waals surface area contributed by atoms with E-state index in [2.05, 4.69) is 27.3 Å². The second-order valence-electron chi connectivity index (χ2n) is 3.41. The lowest BCUT2D eigenvalue weighted by Gasteiger charge is -2.08. The zero-order chi connectivity index (χ0) is 11.8. The Labute approximate surface area is 105 Å². The van der Waals surface area contributed by atoms with Gasteiger partial charge in [0.05, 0.1) is 17.1 Å². The molecule has 4 heteroatoms. The van der Waals surface area contributed by atoms with Crippen LogP contribution in [-0.4, -0.2) is 13.7 Å². The zero-order valence-corrected chi connectivity index (χ0v) is 10.9. The van der Waals surface area contributed by atoms with Gasteiger partial charge in [0.15, 0.2) is 0 Å². The van der Waals surface area contributed by atoms with E-state index in [9.17, 15) is 0 Å².